The van der Waals surface area contributed by atoms with Gasteiger partial charge in [0.2, 0.25) is 0 Å². The number of rotatable bonds is 2. The molecule has 0 aliphatic heterocycles. The van der Waals surface area contributed by atoms with Crippen LogP contribution in [0.15, 0.2) is 24.3 Å². The van der Waals surface area contributed by atoms with E-state index in [1.807, 2.05) is 0 Å². The Morgan fingerprint density at radius 3 is 2.38 bits per heavy atom. The maximum absolute atomic E-state index is 12.3. The van der Waals surface area contributed by atoms with Crippen molar-refractivity contribution in [1.82, 2.24) is 0 Å². The first-order valence-electron chi connectivity index (χ1n) is 3.40. The van der Waals surface area contributed by atoms with Crippen LogP contribution in [0.1, 0.15) is 5.56 Å². The summed E-state index contributed by atoms with van der Waals surface area (Å²) in [6, 6.07) is 5.08. The standard InChI is InChI=1S/C8H6BrF3O/c9-5-13-7-4-2-1-3-6(7)8(10,11)12/h1-4H,5H2. The predicted octanol–water partition coefficient (Wildman–Crippen LogP) is 3.44. The van der Waals surface area contributed by atoms with Crippen LogP contribution in [0.4, 0.5) is 13.2 Å². The van der Waals surface area contributed by atoms with E-state index in [1.54, 1.807) is 0 Å². The Kier molecular flexibility index (Phi) is 3.19. The molecule has 0 saturated heterocycles. The van der Waals surface area contributed by atoms with Gasteiger partial charge in [0.15, 0.2) is 0 Å². The van der Waals surface area contributed by atoms with Crippen molar-refractivity contribution in [3.05, 3.63) is 29.8 Å². The van der Waals surface area contributed by atoms with E-state index in [0.29, 0.717) is 0 Å². The normalized spacial score (nSPS) is 11.4. The number of ether oxygens (including phenoxy) is 1. The van der Waals surface area contributed by atoms with Gasteiger partial charge in [0.05, 0.1) is 5.56 Å². The monoisotopic (exact) mass is 254 g/mol. The second-order valence-corrected chi connectivity index (χ2v) is 2.71. The van der Waals surface area contributed by atoms with Gasteiger partial charge in [-0.15, -0.1) is 0 Å². The molecule has 0 bridgehead atoms. The van der Waals surface area contributed by atoms with Crippen molar-refractivity contribution in [2.24, 2.45) is 0 Å². The third-order valence-electron chi connectivity index (χ3n) is 1.40. The fourth-order valence-corrected chi connectivity index (χ4v) is 1.13. The van der Waals surface area contributed by atoms with Crippen molar-refractivity contribution in [1.29, 1.82) is 0 Å². The summed E-state index contributed by atoms with van der Waals surface area (Å²) in [7, 11) is 0. The molecule has 72 valence electrons. The molecule has 1 aromatic rings. The zero-order valence-corrected chi connectivity index (χ0v) is 8.02. The lowest BCUT2D eigenvalue weighted by Gasteiger charge is -2.11. The molecule has 0 spiro atoms. The van der Waals surface area contributed by atoms with Crippen molar-refractivity contribution in [2.45, 2.75) is 6.18 Å². The molecule has 0 radical (unpaired) electrons. The van der Waals surface area contributed by atoms with E-state index in [1.165, 1.54) is 18.2 Å². The summed E-state index contributed by atoms with van der Waals surface area (Å²) in [6.07, 6.45) is -4.36. The molecular weight excluding hydrogens is 249 g/mol. The molecule has 0 heterocycles. The number of hydrogen-bond donors (Lipinski definition) is 0. The van der Waals surface area contributed by atoms with Crippen LogP contribution in [-0.4, -0.2) is 5.52 Å². The molecule has 0 aliphatic rings. The second-order valence-electron chi connectivity index (χ2n) is 2.25. The van der Waals surface area contributed by atoms with Crippen LogP contribution in [-0.2, 0) is 6.18 Å². The predicted molar refractivity (Wildman–Crippen MR) is 45.9 cm³/mol. The van der Waals surface area contributed by atoms with Crippen LogP contribution in [0.2, 0.25) is 0 Å². The molecule has 0 atom stereocenters. The van der Waals surface area contributed by atoms with Gasteiger partial charge in [0, 0.05) is 0 Å². The summed E-state index contributed by atoms with van der Waals surface area (Å²) in [5.41, 5.74) is -0.713. The Bertz CT molecular complexity index is 285. The quantitative estimate of drug-likeness (QED) is 0.735. The Balaban J connectivity index is 3.05. The van der Waals surface area contributed by atoms with E-state index >= 15 is 0 Å². The summed E-state index contributed by atoms with van der Waals surface area (Å²) in [6.45, 7) is 0. The van der Waals surface area contributed by atoms with Gasteiger partial charge in [-0.2, -0.15) is 13.2 Å². The summed E-state index contributed by atoms with van der Waals surface area (Å²) in [5.74, 6) is -0.160. The van der Waals surface area contributed by atoms with E-state index < -0.39 is 11.7 Å². The molecule has 1 aromatic carbocycles. The Labute approximate surface area is 81.6 Å². The van der Waals surface area contributed by atoms with Crippen LogP contribution in [0, 0.1) is 0 Å². The highest BCUT2D eigenvalue weighted by Crippen LogP contribution is 2.35. The van der Waals surface area contributed by atoms with Crippen molar-refractivity contribution < 1.29 is 17.9 Å². The zero-order chi connectivity index (χ0) is 9.90. The molecule has 1 nitrogen and oxygen atoms in total. The van der Waals surface area contributed by atoms with Crippen molar-refractivity contribution in [3.8, 4) is 5.75 Å². The maximum atomic E-state index is 12.3. The minimum Gasteiger partial charge on any atom is -0.482 e. The van der Waals surface area contributed by atoms with E-state index in [2.05, 4.69) is 15.9 Å². The van der Waals surface area contributed by atoms with Crippen LogP contribution in [0.5, 0.6) is 5.75 Å². The highest BCUT2D eigenvalue weighted by Gasteiger charge is 2.33. The van der Waals surface area contributed by atoms with Crippen LogP contribution in [0.3, 0.4) is 0 Å². The number of hydrogen-bond acceptors (Lipinski definition) is 1. The summed E-state index contributed by atoms with van der Waals surface area (Å²) in [5, 5.41) is 0. The van der Waals surface area contributed by atoms with Gasteiger partial charge in [-0.25, -0.2) is 0 Å². The number of halogens is 4. The smallest absolute Gasteiger partial charge is 0.419 e. The van der Waals surface area contributed by atoms with Gasteiger partial charge in [-0.05, 0) is 28.1 Å². The molecule has 0 saturated carbocycles. The Morgan fingerprint density at radius 1 is 1.23 bits per heavy atom. The summed E-state index contributed by atoms with van der Waals surface area (Å²) in [4.78, 5) is 0. The molecule has 5 heteroatoms. The minimum absolute atomic E-state index is 0.0418. The van der Waals surface area contributed by atoms with Crippen molar-refractivity contribution >= 4 is 15.9 Å². The number of para-hydroxylation sites is 1. The van der Waals surface area contributed by atoms with Gasteiger partial charge in [-0.1, -0.05) is 12.1 Å². The SMILES string of the molecule is FC(F)(F)c1ccccc1OCBr. The van der Waals surface area contributed by atoms with Crippen LogP contribution < -0.4 is 4.74 Å². The second kappa shape index (κ2) is 4.00. The number of alkyl halides is 4. The third-order valence-corrected chi connectivity index (χ3v) is 1.63. The zero-order valence-electron chi connectivity index (χ0n) is 6.44. The minimum atomic E-state index is -4.36. The average molecular weight is 255 g/mol. The molecular formula is C8H6BrF3O. The molecule has 0 N–H and O–H groups in total. The number of benzene rings is 1. The first-order chi connectivity index (χ1) is 6.05. The van der Waals surface area contributed by atoms with Gasteiger partial charge in [0.1, 0.15) is 11.3 Å². The van der Waals surface area contributed by atoms with Crippen LogP contribution in [0.25, 0.3) is 0 Å². The van der Waals surface area contributed by atoms with Gasteiger partial charge < -0.3 is 4.74 Å². The highest BCUT2D eigenvalue weighted by atomic mass is 79.9. The lowest BCUT2D eigenvalue weighted by Crippen LogP contribution is -2.07. The van der Waals surface area contributed by atoms with E-state index in [9.17, 15) is 13.2 Å². The van der Waals surface area contributed by atoms with E-state index in [-0.39, 0.29) is 11.3 Å². The van der Waals surface area contributed by atoms with Gasteiger partial charge >= 0.3 is 6.18 Å². The molecule has 0 aliphatic carbocycles. The summed E-state index contributed by atoms with van der Waals surface area (Å²) >= 11 is 2.90. The molecule has 0 aromatic heterocycles. The van der Waals surface area contributed by atoms with Crippen LogP contribution >= 0.6 is 15.9 Å². The maximum Gasteiger partial charge on any atom is 0.419 e. The fourth-order valence-electron chi connectivity index (χ4n) is 0.885. The first kappa shape index (κ1) is 10.4. The first-order valence-corrected chi connectivity index (χ1v) is 4.53. The molecule has 13 heavy (non-hydrogen) atoms. The third kappa shape index (κ3) is 2.62. The van der Waals surface area contributed by atoms with Crippen molar-refractivity contribution in [3.63, 3.8) is 0 Å². The largest absolute Gasteiger partial charge is 0.482 e. The molecule has 0 fully saturated rings. The molecule has 0 amide bonds. The van der Waals surface area contributed by atoms with Gasteiger partial charge in [0.25, 0.3) is 0 Å². The molecule has 1 rings (SSSR count). The fraction of sp³-hybridized carbons (Fsp3) is 0.250. The van der Waals surface area contributed by atoms with E-state index in [4.69, 9.17) is 4.74 Å². The lowest BCUT2D eigenvalue weighted by molar-refractivity contribution is -0.138. The average Bonchev–Trinajstić information content (AvgIpc) is 2.04. The van der Waals surface area contributed by atoms with E-state index in [0.717, 1.165) is 6.07 Å². The lowest BCUT2D eigenvalue weighted by atomic mass is 10.2. The topological polar surface area (TPSA) is 9.23 Å². The summed E-state index contributed by atoms with van der Waals surface area (Å²) < 4.78 is 41.6. The highest BCUT2D eigenvalue weighted by molar-refractivity contribution is 9.09. The Morgan fingerprint density at radius 2 is 1.85 bits per heavy atom. The Hall–Kier alpha value is -0.710. The van der Waals surface area contributed by atoms with Crippen molar-refractivity contribution in [2.75, 3.05) is 5.52 Å². The molecule has 0 unspecified atom stereocenters. The van der Waals surface area contributed by atoms with Gasteiger partial charge in [-0.3, -0.25) is 0 Å².